The van der Waals surface area contributed by atoms with E-state index in [1.165, 1.54) is 5.56 Å². The molecule has 0 radical (unpaired) electrons. The van der Waals surface area contributed by atoms with E-state index in [1.807, 2.05) is 32.3 Å². The van der Waals surface area contributed by atoms with Gasteiger partial charge >= 0.3 is 0 Å². The lowest BCUT2D eigenvalue weighted by molar-refractivity contribution is 0.325. The molecule has 0 saturated heterocycles. The number of hydrogen-bond acceptors (Lipinski definition) is 3. The van der Waals surface area contributed by atoms with Crippen molar-refractivity contribution < 1.29 is 0 Å². The summed E-state index contributed by atoms with van der Waals surface area (Å²) in [6.07, 6.45) is 2.28. The third kappa shape index (κ3) is 3.68. The lowest BCUT2D eigenvalue weighted by Gasteiger charge is -2.16. The highest BCUT2D eigenvalue weighted by molar-refractivity contribution is 8.13. The smallest absolute Gasteiger partial charge is 0.0999 e. The normalized spacial score (nSPS) is 14.3. The Morgan fingerprint density at radius 3 is 2.33 bits per heavy atom. The van der Waals surface area contributed by atoms with Crippen LogP contribution in [0, 0.1) is 0 Å². The molecule has 0 heterocycles. The molecule has 1 aromatic rings. The Kier molecular flexibility index (Phi) is 4.85. The SMILES string of the molecule is CSC(=NC(C)N(C)C)c1ccccc1. The van der Waals surface area contributed by atoms with Crippen LogP contribution in [-0.2, 0) is 0 Å². The van der Waals surface area contributed by atoms with Crippen LogP contribution in [0.25, 0.3) is 0 Å². The van der Waals surface area contributed by atoms with Crippen LogP contribution < -0.4 is 0 Å². The number of benzene rings is 1. The van der Waals surface area contributed by atoms with Crippen molar-refractivity contribution in [3.05, 3.63) is 35.9 Å². The Hall–Kier alpha value is -0.800. The molecule has 1 aromatic carbocycles. The zero-order valence-corrected chi connectivity index (χ0v) is 10.6. The Bertz CT molecular complexity index is 320. The van der Waals surface area contributed by atoms with Crippen molar-refractivity contribution in [1.82, 2.24) is 4.90 Å². The molecule has 2 nitrogen and oxygen atoms in total. The summed E-state index contributed by atoms with van der Waals surface area (Å²) in [7, 11) is 4.08. The zero-order valence-electron chi connectivity index (χ0n) is 9.77. The van der Waals surface area contributed by atoms with Crippen LogP contribution in [0.1, 0.15) is 12.5 Å². The highest BCUT2D eigenvalue weighted by Crippen LogP contribution is 2.12. The number of aliphatic imine (C=N–C) groups is 1. The molecule has 0 fully saturated rings. The van der Waals surface area contributed by atoms with Crippen molar-refractivity contribution in [3.63, 3.8) is 0 Å². The molecule has 0 aromatic heterocycles. The number of hydrogen-bond donors (Lipinski definition) is 0. The maximum atomic E-state index is 4.67. The molecule has 0 N–H and O–H groups in total. The first-order valence-electron chi connectivity index (χ1n) is 4.98. The fourth-order valence-electron chi connectivity index (χ4n) is 1.11. The van der Waals surface area contributed by atoms with E-state index in [-0.39, 0.29) is 6.17 Å². The van der Waals surface area contributed by atoms with Gasteiger partial charge in [-0.25, -0.2) is 0 Å². The third-order valence-electron chi connectivity index (χ3n) is 2.27. The van der Waals surface area contributed by atoms with E-state index in [1.54, 1.807) is 11.8 Å². The summed E-state index contributed by atoms with van der Waals surface area (Å²) >= 11 is 1.69. The minimum atomic E-state index is 0.215. The van der Waals surface area contributed by atoms with Gasteiger partial charge < -0.3 is 0 Å². The van der Waals surface area contributed by atoms with Gasteiger partial charge in [0.05, 0.1) is 11.2 Å². The highest BCUT2D eigenvalue weighted by atomic mass is 32.2. The van der Waals surface area contributed by atoms with Gasteiger partial charge in [0.1, 0.15) is 0 Å². The van der Waals surface area contributed by atoms with Gasteiger partial charge in [-0.05, 0) is 27.3 Å². The first-order chi connectivity index (χ1) is 7.15. The van der Waals surface area contributed by atoms with E-state index in [0.717, 1.165) is 5.04 Å². The molecule has 1 unspecified atom stereocenters. The summed E-state index contributed by atoms with van der Waals surface area (Å²) in [5, 5.41) is 1.09. The summed E-state index contributed by atoms with van der Waals surface area (Å²) in [6.45, 7) is 2.10. The first kappa shape index (κ1) is 12.3. The van der Waals surface area contributed by atoms with Crippen molar-refractivity contribution in [2.24, 2.45) is 4.99 Å². The minimum Gasteiger partial charge on any atom is -0.288 e. The quantitative estimate of drug-likeness (QED) is 0.577. The highest BCUT2D eigenvalue weighted by Gasteiger charge is 2.05. The molecule has 0 aliphatic heterocycles. The van der Waals surface area contributed by atoms with E-state index in [2.05, 4.69) is 35.2 Å². The molecule has 0 spiro atoms. The van der Waals surface area contributed by atoms with Crippen LogP contribution in [0.15, 0.2) is 35.3 Å². The summed E-state index contributed by atoms with van der Waals surface area (Å²) in [5.74, 6) is 0. The van der Waals surface area contributed by atoms with Crippen LogP contribution in [0.5, 0.6) is 0 Å². The van der Waals surface area contributed by atoms with Crippen molar-refractivity contribution >= 4 is 16.8 Å². The lowest BCUT2D eigenvalue weighted by atomic mass is 10.2. The van der Waals surface area contributed by atoms with Gasteiger partial charge in [0.15, 0.2) is 0 Å². The largest absolute Gasteiger partial charge is 0.288 e. The molecule has 3 heteroatoms. The Labute approximate surface area is 96.4 Å². The van der Waals surface area contributed by atoms with E-state index >= 15 is 0 Å². The number of nitrogens with zero attached hydrogens (tertiary/aromatic N) is 2. The predicted molar refractivity (Wildman–Crippen MR) is 69.6 cm³/mol. The standard InChI is InChI=1S/C12H18N2S/c1-10(14(2)3)13-12(15-4)11-8-6-5-7-9-11/h5-10H,1-4H3. The summed E-state index contributed by atoms with van der Waals surface area (Å²) in [5.41, 5.74) is 1.19. The van der Waals surface area contributed by atoms with Gasteiger partial charge in [-0.1, -0.05) is 30.3 Å². The average molecular weight is 222 g/mol. The molecule has 15 heavy (non-hydrogen) atoms. The average Bonchev–Trinajstić information content (AvgIpc) is 2.26. The maximum absolute atomic E-state index is 4.67. The van der Waals surface area contributed by atoms with Gasteiger partial charge in [0, 0.05) is 5.56 Å². The Morgan fingerprint density at radius 1 is 1.27 bits per heavy atom. The first-order valence-corrected chi connectivity index (χ1v) is 6.21. The second-order valence-electron chi connectivity index (χ2n) is 3.60. The summed E-state index contributed by atoms with van der Waals surface area (Å²) < 4.78 is 0. The fraction of sp³-hybridized carbons (Fsp3) is 0.417. The summed E-state index contributed by atoms with van der Waals surface area (Å²) in [6, 6.07) is 10.3. The van der Waals surface area contributed by atoms with Crippen molar-refractivity contribution in [3.8, 4) is 0 Å². The van der Waals surface area contributed by atoms with Crippen LogP contribution >= 0.6 is 11.8 Å². The molecular weight excluding hydrogens is 204 g/mol. The van der Waals surface area contributed by atoms with Gasteiger partial charge in [0.25, 0.3) is 0 Å². The van der Waals surface area contributed by atoms with Gasteiger partial charge in [-0.2, -0.15) is 0 Å². The second-order valence-corrected chi connectivity index (χ2v) is 4.39. The Morgan fingerprint density at radius 2 is 1.87 bits per heavy atom. The van der Waals surface area contributed by atoms with Crippen LogP contribution in [0.4, 0.5) is 0 Å². The monoisotopic (exact) mass is 222 g/mol. The molecule has 82 valence electrons. The molecule has 1 rings (SSSR count). The maximum Gasteiger partial charge on any atom is 0.0999 e. The number of rotatable bonds is 3. The Balaban J connectivity index is 2.89. The molecular formula is C12H18N2S. The van der Waals surface area contributed by atoms with E-state index in [9.17, 15) is 0 Å². The lowest BCUT2D eigenvalue weighted by Crippen LogP contribution is -2.23. The zero-order chi connectivity index (χ0) is 11.3. The van der Waals surface area contributed by atoms with Gasteiger partial charge in [-0.15, -0.1) is 11.8 Å². The molecule has 0 bridgehead atoms. The van der Waals surface area contributed by atoms with Crippen LogP contribution in [-0.4, -0.2) is 36.5 Å². The van der Waals surface area contributed by atoms with Gasteiger partial charge in [-0.3, -0.25) is 9.89 Å². The van der Waals surface area contributed by atoms with Crippen LogP contribution in [0.3, 0.4) is 0 Å². The van der Waals surface area contributed by atoms with E-state index in [0.29, 0.717) is 0 Å². The molecule has 0 aliphatic carbocycles. The van der Waals surface area contributed by atoms with E-state index < -0.39 is 0 Å². The van der Waals surface area contributed by atoms with Crippen molar-refractivity contribution in [2.45, 2.75) is 13.1 Å². The topological polar surface area (TPSA) is 15.6 Å². The van der Waals surface area contributed by atoms with Gasteiger partial charge in [0.2, 0.25) is 0 Å². The third-order valence-corrected chi connectivity index (χ3v) is 2.99. The molecule has 0 saturated carbocycles. The van der Waals surface area contributed by atoms with Crippen molar-refractivity contribution in [1.29, 1.82) is 0 Å². The fourth-order valence-corrected chi connectivity index (χ4v) is 1.74. The molecule has 0 aliphatic rings. The van der Waals surface area contributed by atoms with E-state index in [4.69, 9.17) is 0 Å². The predicted octanol–water partition coefficient (Wildman–Crippen LogP) is 2.70. The van der Waals surface area contributed by atoms with Crippen molar-refractivity contribution in [2.75, 3.05) is 20.4 Å². The summed E-state index contributed by atoms with van der Waals surface area (Å²) in [4.78, 5) is 6.77. The number of thioether (sulfide) groups is 1. The second kappa shape index (κ2) is 5.93. The minimum absolute atomic E-state index is 0.215. The molecule has 0 amide bonds. The van der Waals surface area contributed by atoms with Crippen LogP contribution in [0.2, 0.25) is 0 Å². The molecule has 1 atom stereocenters.